The Balaban J connectivity index is 1.98. The zero-order valence-electron chi connectivity index (χ0n) is 14.7. The van der Waals surface area contributed by atoms with Crippen LogP contribution in [0.3, 0.4) is 0 Å². The van der Waals surface area contributed by atoms with Crippen LogP contribution in [0.2, 0.25) is 0 Å². The molecule has 27 heavy (non-hydrogen) atoms. The van der Waals surface area contributed by atoms with Crippen LogP contribution in [0, 0.1) is 6.92 Å². The van der Waals surface area contributed by atoms with E-state index >= 15 is 0 Å². The van der Waals surface area contributed by atoms with E-state index in [1.54, 1.807) is 25.4 Å². The molecule has 3 N–H and O–H groups in total. The minimum absolute atomic E-state index is 0.125. The molecule has 3 aromatic rings. The van der Waals surface area contributed by atoms with E-state index in [2.05, 4.69) is 15.4 Å². The van der Waals surface area contributed by atoms with E-state index in [1.165, 1.54) is 10.7 Å². The van der Waals surface area contributed by atoms with Crippen LogP contribution < -0.4 is 11.1 Å². The van der Waals surface area contributed by atoms with Gasteiger partial charge in [0.2, 0.25) is 0 Å². The zero-order valence-corrected chi connectivity index (χ0v) is 15.5. The van der Waals surface area contributed by atoms with E-state index in [0.29, 0.717) is 17.6 Å². The van der Waals surface area contributed by atoms with Crippen molar-refractivity contribution in [3.05, 3.63) is 46.2 Å². The lowest BCUT2D eigenvalue weighted by atomic mass is 10.1. The highest BCUT2D eigenvalue weighted by Gasteiger charge is 2.26. The molecule has 0 aliphatic carbocycles. The van der Waals surface area contributed by atoms with Gasteiger partial charge in [-0.15, -0.1) is 11.3 Å². The van der Waals surface area contributed by atoms with Gasteiger partial charge in [-0.05, 0) is 25.0 Å². The first-order chi connectivity index (χ1) is 12.9. The number of aromatic nitrogens is 3. The van der Waals surface area contributed by atoms with Crippen molar-refractivity contribution >= 4 is 39.8 Å². The first-order valence-corrected chi connectivity index (χ1v) is 8.95. The van der Waals surface area contributed by atoms with Crippen molar-refractivity contribution in [1.82, 2.24) is 14.6 Å². The molecular formula is C17H17N5O4S. The van der Waals surface area contributed by atoms with Gasteiger partial charge >= 0.3 is 5.97 Å². The van der Waals surface area contributed by atoms with Gasteiger partial charge in [0.15, 0.2) is 5.65 Å². The summed E-state index contributed by atoms with van der Waals surface area (Å²) in [6.45, 7) is 3.68. The number of hydrogen-bond acceptors (Lipinski definition) is 7. The van der Waals surface area contributed by atoms with Crippen LogP contribution in [0.5, 0.6) is 0 Å². The maximum atomic E-state index is 12.7. The van der Waals surface area contributed by atoms with Gasteiger partial charge in [0, 0.05) is 12.4 Å². The summed E-state index contributed by atoms with van der Waals surface area (Å²) in [5.41, 5.74) is 6.48. The molecule has 0 unspecified atom stereocenters. The molecule has 9 nitrogen and oxygen atoms in total. The Morgan fingerprint density at radius 2 is 2.15 bits per heavy atom. The van der Waals surface area contributed by atoms with E-state index in [0.717, 1.165) is 11.3 Å². The number of rotatable bonds is 6. The number of thiophene rings is 1. The molecule has 2 amide bonds. The summed E-state index contributed by atoms with van der Waals surface area (Å²) in [5.74, 6) is -1.81. The first-order valence-electron chi connectivity index (χ1n) is 8.14. The second kappa shape index (κ2) is 7.54. The SMILES string of the molecule is CCCOC(=O)c1c(NC(=O)c2cnn3cccnc23)sc(C(N)=O)c1C. The molecule has 0 fully saturated rings. The number of hydrogen-bond donors (Lipinski definition) is 2. The highest BCUT2D eigenvalue weighted by atomic mass is 32.1. The summed E-state index contributed by atoms with van der Waals surface area (Å²) >= 11 is 0.932. The quantitative estimate of drug-likeness (QED) is 0.623. The number of carbonyl (C=O) groups excluding carboxylic acids is 3. The third-order valence-corrected chi connectivity index (χ3v) is 4.98. The van der Waals surface area contributed by atoms with Gasteiger partial charge in [0.1, 0.15) is 10.6 Å². The number of amides is 2. The topological polar surface area (TPSA) is 129 Å². The molecule has 3 heterocycles. The lowest BCUT2D eigenvalue weighted by Gasteiger charge is -2.07. The fourth-order valence-electron chi connectivity index (χ4n) is 2.51. The molecule has 10 heteroatoms. The average molecular weight is 387 g/mol. The van der Waals surface area contributed by atoms with Crippen molar-refractivity contribution in [1.29, 1.82) is 0 Å². The summed E-state index contributed by atoms with van der Waals surface area (Å²) in [6, 6.07) is 1.69. The van der Waals surface area contributed by atoms with Gasteiger partial charge in [0.25, 0.3) is 11.8 Å². The van der Waals surface area contributed by atoms with Crippen molar-refractivity contribution in [3.63, 3.8) is 0 Å². The number of anilines is 1. The number of nitrogens with one attached hydrogen (secondary N) is 1. The van der Waals surface area contributed by atoms with Crippen molar-refractivity contribution in [2.75, 3.05) is 11.9 Å². The van der Waals surface area contributed by atoms with Gasteiger partial charge in [0.05, 0.1) is 23.2 Å². The second-order valence-electron chi connectivity index (χ2n) is 5.66. The number of nitrogens with two attached hydrogens (primary N) is 1. The Morgan fingerprint density at radius 1 is 1.37 bits per heavy atom. The Labute approximate surface area is 158 Å². The molecule has 3 aromatic heterocycles. The smallest absolute Gasteiger partial charge is 0.341 e. The van der Waals surface area contributed by atoms with Crippen molar-refractivity contribution in [2.45, 2.75) is 20.3 Å². The molecule has 0 aliphatic rings. The second-order valence-corrected chi connectivity index (χ2v) is 6.68. The molecule has 0 aromatic carbocycles. The van der Waals surface area contributed by atoms with Gasteiger partial charge in [-0.1, -0.05) is 6.92 Å². The predicted molar refractivity (Wildman–Crippen MR) is 99.1 cm³/mol. The van der Waals surface area contributed by atoms with Crippen LogP contribution in [-0.2, 0) is 4.74 Å². The molecule has 0 aliphatic heterocycles. The van der Waals surface area contributed by atoms with Gasteiger partial charge in [-0.25, -0.2) is 14.3 Å². The van der Waals surface area contributed by atoms with Crippen LogP contribution in [0.15, 0.2) is 24.7 Å². The van der Waals surface area contributed by atoms with E-state index < -0.39 is 17.8 Å². The van der Waals surface area contributed by atoms with Crippen LogP contribution in [0.1, 0.15) is 49.3 Å². The monoisotopic (exact) mass is 387 g/mol. The fraction of sp³-hybridized carbons (Fsp3) is 0.235. The van der Waals surface area contributed by atoms with E-state index in [9.17, 15) is 14.4 Å². The van der Waals surface area contributed by atoms with Crippen molar-refractivity contribution < 1.29 is 19.1 Å². The third-order valence-electron chi connectivity index (χ3n) is 3.76. The van der Waals surface area contributed by atoms with E-state index in [4.69, 9.17) is 10.5 Å². The number of fused-ring (bicyclic) bond motifs is 1. The van der Waals surface area contributed by atoms with Crippen LogP contribution in [0.4, 0.5) is 5.00 Å². The van der Waals surface area contributed by atoms with E-state index in [-0.39, 0.29) is 27.6 Å². The Bertz CT molecular complexity index is 1040. The number of esters is 1. The molecule has 0 bridgehead atoms. The standard InChI is InChI=1S/C17H17N5O4S/c1-3-7-26-17(25)11-9(2)12(13(18)23)27-16(11)21-15(24)10-8-20-22-6-4-5-19-14(10)22/h4-6,8H,3,7H2,1-2H3,(H2,18,23)(H,21,24). The summed E-state index contributed by atoms with van der Waals surface area (Å²) in [5, 5.41) is 6.91. The Kier molecular flexibility index (Phi) is 5.17. The fourth-order valence-corrected chi connectivity index (χ4v) is 3.55. The molecule has 0 saturated carbocycles. The normalized spacial score (nSPS) is 10.7. The van der Waals surface area contributed by atoms with Crippen LogP contribution >= 0.6 is 11.3 Å². The highest BCUT2D eigenvalue weighted by Crippen LogP contribution is 2.34. The third kappa shape index (κ3) is 3.51. The number of ether oxygens (including phenoxy) is 1. The lowest BCUT2D eigenvalue weighted by molar-refractivity contribution is 0.0506. The van der Waals surface area contributed by atoms with Gasteiger partial charge in [-0.3, -0.25) is 9.59 Å². The van der Waals surface area contributed by atoms with Gasteiger partial charge in [-0.2, -0.15) is 5.10 Å². The summed E-state index contributed by atoms with van der Waals surface area (Å²) in [7, 11) is 0. The maximum Gasteiger partial charge on any atom is 0.341 e. The van der Waals surface area contributed by atoms with Crippen molar-refractivity contribution in [3.8, 4) is 0 Å². The predicted octanol–water partition coefficient (Wildman–Crippen LogP) is 2.02. The van der Waals surface area contributed by atoms with E-state index in [1.807, 2.05) is 6.92 Å². The van der Waals surface area contributed by atoms with Crippen LogP contribution in [-0.4, -0.2) is 39.0 Å². The Hall–Kier alpha value is -3.27. The molecule has 0 spiro atoms. The first kappa shape index (κ1) is 18.5. The molecule has 0 saturated heterocycles. The largest absolute Gasteiger partial charge is 0.462 e. The lowest BCUT2D eigenvalue weighted by Crippen LogP contribution is -2.15. The molecule has 140 valence electrons. The molecular weight excluding hydrogens is 370 g/mol. The maximum absolute atomic E-state index is 12.7. The minimum atomic E-state index is -0.680. The number of carbonyl (C=O) groups is 3. The zero-order chi connectivity index (χ0) is 19.6. The highest BCUT2D eigenvalue weighted by molar-refractivity contribution is 7.18. The van der Waals surface area contributed by atoms with Crippen LogP contribution in [0.25, 0.3) is 5.65 Å². The molecule has 0 atom stereocenters. The average Bonchev–Trinajstić information content (AvgIpc) is 3.21. The number of nitrogens with zero attached hydrogens (tertiary/aromatic N) is 3. The van der Waals surface area contributed by atoms with Crippen molar-refractivity contribution in [2.24, 2.45) is 5.73 Å². The summed E-state index contributed by atoms with van der Waals surface area (Å²) in [6.07, 6.45) is 5.23. The Morgan fingerprint density at radius 3 is 2.85 bits per heavy atom. The number of primary amides is 1. The summed E-state index contributed by atoms with van der Waals surface area (Å²) in [4.78, 5) is 41.1. The summed E-state index contributed by atoms with van der Waals surface area (Å²) < 4.78 is 6.63. The molecule has 3 rings (SSSR count). The molecule has 0 radical (unpaired) electrons. The minimum Gasteiger partial charge on any atom is -0.462 e. The van der Waals surface area contributed by atoms with Gasteiger partial charge < -0.3 is 15.8 Å².